The van der Waals surface area contributed by atoms with Gasteiger partial charge in [0.05, 0.1) is 24.3 Å². The number of hydrogen-bond donors (Lipinski definition) is 2. The van der Waals surface area contributed by atoms with Crippen LogP contribution in [0.1, 0.15) is 57.7 Å². The van der Waals surface area contributed by atoms with Crippen molar-refractivity contribution < 1.29 is 9.90 Å². The van der Waals surface area contributed by atoms with Gasteiger partial charge in [0.1, 0.15) is 11.3 Å². The number of aromatic hydroxyl groups is 1. The highest BCUT2D eigenvalue weighted by molar-refractivity contribution is 5.95. The van der Waals surface area contributed by atoms with Gasteiger partial charge < -0.3 is 19.6 Å². The second kappa shape index (κ2) is 6.62. The minimum atomic E-state index is -0.257. The van der Waals surface area contributed by atoms with Gasteiger partial charge in [-0.1, -0.05) is 12.1 Å². The molecule has 1 aliphatic carbocycles. The van der Waals surface area contributed by atoms with Gasteiger partial charge in [-0.2, -0.15) is 0 Å². The molecule has 1 aliphatic heterocycles. The van der Waals surface area contributed by atoms with E-state index < -0.39 is 0 Å². The van der Waals surface area contributed by atoms with Crippen LogP contribution in [0.3, 0.4) is 0 Å². The van der Waals surface area contributed by atoms with Gasteiger partial charge >= 0.3 is 0 Å². The number of phenolic OH excluding ortho intramolecular Hbond substituents is 1. The molecule has 5 rings (SSSR count). The van der Waals surface area contributed by atoms with Crippen LogP contribution in [-0.4, -0.2) is 37.0 Å². The minimum absolute atomic E-state index is 0.171. The Hall–Kier alpha value is -3.35. The zero-order valence-corrected chi connectivity index (χ0v) is 16.1. The number of aromatic nitrogens is 3. The summed E-state index contributed by atoms with van der Waals surface area (Å²) in [5.41, 5.74) is 3.35. The maximum Gasteiger partial charge on any atom is 0.263 e. The van der Waals surface area contributed by atoms with Crippen molar-refractivity contribution in [2.75, 3.05) is 6.54 Å². The fourth-order valence-corrected chi connectivity index (χ4v) is 4.18. The van der Waals surface area contributed by atoms with Gasteiger partial charge in [-0.25, -0.2) is 4.98 Å². The molecular weight excluding hydrogens is 368 g/mol. The first-order valence-electron chi connectivity index (χ1n) is 9.85. The molecule has 1 aromatic carbocycles. The van der Waals surface area contributed by atoms with Crippen LogP contribution in [-0.2, 0) is 6.54 Å². The van der Waals surface area contributed by atoms with Crippen molar-refractivity contribution in [2.24, 2.45) is 0 Å². The van der Waals surface area contributed by atoms with Crippen LogP contribution in [0.15, 0.2) is 47.7 Å². The van der Waals surface area contributed by atoms with E-state index in [1.54, 1.807) is 40.2 Å². The number of benzene rings is 1. The second-order valence-electron chi connectivity index (χ2n) is 7.92. The molecule has 1 unspecified atom stereocenters. The summed E-state index contributed by atoms with van der Waals surface area (Å²) in [5, 5.41) is 9.90. The molecule has 0 saturated heterocycles. The molecule has 0 radical (unpaired) electrons. The number of phenols is 1. The molecule has 1 saturated carbocycles. The molecule has 2 N–H and O–H groups in total. The first-order valence-corrected chi connectivity index (χ1v) is 9.85. The summed E-state index contributed by atoms with van der Waals surface area (Å²) in [5.74, 6) is -0.252. The molecule has 3 heterocycles. The zero-order chi connectivity index (χ0) is 20.1. The summed E-state index contributed by atoms with van der Waals surface area (Å²) in [4.78, 5) is 35.7. The minimum Gasteiger partial charge on any atom is -0.508 e. The van der Waals surface area contributed by atoms with Crippen molar-refractivity contribution in [3.05, 3.63) is 81.3 Å². The number of H-pyrrole nitrogens is 1. The van der Waals surface area contributed by atoms with Crippen LogP contribution < -0.4 is 5.56 Å². The molecule has 0 bridgehead atoms. The fraction of sp³-hybridized carbons (Fsp3) is 0.318. The molecule has 1 amide bonds. The number of nitrogens with zero attached hydrogens (tertiary/aromatic N) is 3. The summed E-state index contributed by atoms with van der Waals surface area (Å²) < 4.78 is 1.69. The van der Waals surface area contributed by atoms with Crippen LogP contribution in [0.2, 0.25) is 0 Å². The topological polar surface area (TPSA) is 91.2 Å². The summed E-state index contributed by atoms with van der Waals surface area (Å²) in [6, 6.07) is 9.10. The number of rotatable bonds is 3. The van der Waals surface area contributed by atoms with Crippen molar-refractivity contribution in [2.45, 2.75) is 38.3 Å². The van der Waals surface area contributed by atoms with E-state index in [-0.39, 0.29) is 34.7 Å². The highest BCUT2D eigenvalue weighted by atomic mass is 16.3. The Labute approximate surface area is 167 Å². The quantitative estimate of drug-likeness (QED) is 0.719. The van der Waals surface area contributed by atoms with Crippen LogP contribution in [0.5, 0.6) is 5.75 Å². The van der Waals surface area contributed by atoms with E-state index in [0.717, 1.165) is 29.8 Å². The average Bonchev–Trinajstić information content (AvgIpc) is 3.43. The van der Waals surface area contributed by atoms with Crippen molar-refractivity contribution in [3.8, 4) is 5.75 Å². The van der Waals surface area contributed by atoms with Crippen LogP contribution in [0, 0.1) is 6.92 Å². The van der Waals surface area contributed by atoms with Crippen LogP contribution in [0.25, 0.3) is 0 Å². The van der Waals surface area contributed by atoms with E-state index in [0.29, 0.717) is 18.7 Å². The number of carbonyl (C=O) groups is 1. The Morgan fingerprint density at radius 3 is 2.86 bits per heavy atom. The van der Waals surface area contributed by atoms with Crippen molar-refractivity contribution in [1.82, 2.24) is 19.4 Å². The molecule has 2 aliphatic rings. The van der Waals surface area contributed by atoms with Gasteiger partial charge in [-0.05, 0) is 49.1 Å². The lowest BCUT2D eigenvalue weighted by atomic mass is 9.90. The van der Waals surface area contributed by atoms with Crippen molar-refractivity contribution in [1.29, 1.82) is 0 Å². The van der Waals surface area contributed by atoms with Gasteiger partial charge in [0.25, 0.3) is 11.5 Å². The summed E-state index contributed by atoms with van der Waals surface area (Å²) in [6.45, 7) is 2.59. The van der Waals surface area contributed by atoms with E-state index in [1.165, 1.54) is 0 Å². The number of imidazole rings is 1. The summed E-state index contributed by atoms with van der Waals surface area (Å²) in [7, 11) is 0. The lowest BCUT2D eigenvalue weighted by molar-refractivity contribution is 0.0718. The third kappa shape index (κ3) is 3.03. The van der Waals surface area contributed by atoms with Gasteiger partial charge in [0.2, 0.25) is 0 Å². The molecule has 7 heteroatoms. The number of aromatic amines is 1. The SMILES string of the molecule is Cc1ccn(C2CC2)c(=O)c1C(=O)N1Cc2[nH]cnc2C(c2cccc(O)c2)C1. The number of hydrogen-bond acceptors (Lipinski definition) is 4. The predicted octanol–water partition coefficient (Wildman–Crippen LogP) is 2.71. The molecule has 2 aromatic heterocycles. The lowest BCUT2D eigenvalue weighted by Gasteiger charge is -2.32. The number of aryl methyl sites for hydroxylation is 1. The Morgan fingerprint density at radius 2 is 2.10 bits per heavy atom. The molecular formula is C22H22N4O3. The maximum absolute atomic E-state index is 13.4. The number of pyridine rings is 1. The Kier molecular flexibility index (Phi) is 4.04. The molecule has 3 aromatic rings. The zero-order valence-electron chi connectivity index (χ0n) is 16.1. The van der Waals surface area contributed by atoms with Gasteiger partial charge in [0.15, 0.2) is 0 Å². The Bertz CT molecular complexity index is 1160. The van der Waals surface area contributed by atoms with Crippen LogP contribution >= 0.6 is 0 Å². The van der Waals surface area contributed by atoms with Gasteiger partial charge in [-0.15, -0.1) is 0 Å². The van der Waals surface area contributed by atoms with E-state index in [4.69, 9.17) is 0 Å². The van der Waals surface area contributed by atoms with E-state index in [1.807, 2.05) is 19.1 Å². The highest BCUT2D eigenvalue weighted by Crippen LogP contribution is 2.35. The number of carbonyl (C=O) groups excluding carboxylic acids is 1. The Balaban J connectivity index is 1.53. The normalized spacial score (nSPS) is 18.5. The third-order valence-corrected chi connectivity index (χ3v) is 5.88. The molecule has 1 atom stereocenters. The smallest absolute Gasteiger partial charge is 0.263 e. The van der Waals surface area contributed by atoms with Crippen molar-refractivity contribution in [3.63, 3.8) is 0 Å². The first-order chi connectivity index (χ1) is 14.0. The molecule has 29 heavy (non-hydrogen) atoms. The van der Waals surface area contributed by atoms with Crippen molar-refractivity contribution >= 4 is 5.91 Å². The number of amides is 1. The standard InChI is InChI=1S/C22H22N4O3/c1-13-7-8-26(15-5-6-15)22(29)19(13)21(28)25-10-17(14-3-2-4-16(27)9-14)20-18(11-25)23-12-24-20/h2-4,7-9,12,15,17,27H,5-6,10-11H2,1H3,(H,23,24). The molecule has 0 spiro atoms. The van der Waals surface area contributed by atoms with E-state index in [9.17, 15) is 14.7 Å². The summed E-state index contributed by atoms with van der Waals surface area (Å²) in [6.07, 6.45) is 5.39. The lowest BCUT2D eigenvalue weighted by Crippen LogP contribution is -2.42. The summed E-state index contributed by atoms with van der Waals surface area (Å²) >= 11 is 0. The Morgan fingerprint density at radius 1 is 1.28 bits per heavy atom. The maximum atomic E-state index is 13.4. The average molecular weight is 390 g/mol. The predicted molar refractivity (Wildman–Crippen MR) is 107 cm³/mol. The first kappa shape index (κ1) is 17.7. The fourth-order valence-electron chi connectivity index (χ4n) is 4.18. The van der Waals surface area contributed by atoms with Crippen LogP contribution in [0.4, 0.5) is 0 Å². The van der Waals surface area contributed by atoms with Gasteiger partial charge in [0, 0.05) is 24.7 Å². The largest absolute Gasteiger partial charge is 0.508 e. The number of nitrogens with one attached hydrogen (secondary N) is 1. The molecule has 7 nitrogen and oxygen atoms in total. The molecule has 148 valence electrons. The van der Waals surface area contributed by atoms with E-state index in [2.05, 4.69) is 9.97 Å². The van der Waals surface area contributed by atoms with Gasteiger partial charge in [-0.3, -0.25) is 9.59 Å². The highest BCUT2D eigenvalue weighted by Gasteiger charge is 2.34. The third-order valence-electron chi connectivity index (χ3n) is 5.88. The second-order valence-corrected chi connectivity index (χ2v) is 7.92. The monoisotopic (exact) mass is 390 g/mol. The number of fused-ring (bicyclic) bond motifs is 1. The van der Waals surface area contributed by atoms with E-state index >= 15 is 0 Å². The molecule has 1 fully saturated rings.